The van der Waals surface area contributed by atoms with Crippen molar-refractivity contribution in [3.8, 4) is 0 Å². The van der Waals surface area contributed by atoms with E-state index in [9.17, 15) is 0 Å². The zero-order chi connectivity index (χ0) is 17.9. The fraction of sp³-hybridized carbons (Fsp3) is 0.680. The van der Waals surface area contributed by atoms with E-state index >= 15 is 0 Å². The van der Waals surface area contributed by atoms with Gasteiger partial charge in [-0.05, 0) is 124 Å². The monoisotopic (exact) mass is 370 g/mol. The van der Waals surface area contributed by atoms with Crippen molar-refractivity contribution in [2.24, 2.45) is 29.6 Å². The maximum Gasteiger partial charge on any atom is 0.0406 e. The summed E-state index contributed by atoms with van der Waals surface area (Å²) in [5.41, 5.74) is 1.53. The lowest BCUT2D eigenvalue weighted by Gasteiger charge is -2.45. The van der Waals surface area contributed by atoms with Crippen molar-refractivity contribution >= 4 is 11.6 Å². The summed E-state index contributed by atoms with van der Waals surface area (Å²) >= 11 is 6.07. The van der Waals surface area contributed by atoms with Gasteiger partial charge in [-0.3, -0.25) is 0 Å². The molecular weight excluding hydrogens is 336 g/mol. The van der Waals surface area contributed by atoms with Crippen LogP contribution in [0.3, 0.4) is 0 Å². The maximum atomic E-state index is 6.07. The highest BCUT2D eigenvalue weighted by molar-refractivity contribution is 6.30. The Morgan fingerprint density at radius 2 is 1.31 bits per heavy atom. The molecule has 26 heavy (non-hydrogen) atoms. The van der Waals surface area contributed by atoms with E-state index in [1.54, 1.807) is 0 Å². The van der Waals surface area contributed by atoms with Crippen LogP contribution in [0.4, 0.5) is 0 Å². The number of halogens is 1. The van der Waals surface area contributed by atoms with Gasteiger partial charge in [0.2, 0.25) is 0 Å². The number of allylic oxidation sites excluding steroid dienone is 2. The fourth-order valence-corrected chi connectivity index (χ4v) is 6.60. The predicted octanol–water partition coefficient (Wildman–Crippen LogP) is 8.02. The Labute approximate surface area is 165 Å². The van der Waals surface area contributed by atoms with Crippen molar-refractivity contribution in [2.75, 3.05) is 0 Å². The largest absolute Gasteiger partial charge is 0.0914 e. The van der Waals surface area contributed by atoms with Gasteiger partial charge in [0.1, 0.15) is 0 Å². The minimum atomic E-state index is 0.779. The van der Waals surface area contributed by atoms with E-state index in [1.807, 2.05) is 0 Å². The molecule has 0 bridgehead atoms. The summed E-state index contributed by atoms with van der Waals surface area (Å²) in [7, 11) is 0. The fourth-order valence-electron chi connectivity index (χ4n) is 6.47. The van der Waals surface area contributed by atoms with Gasteiger partial charge >= 0.3 is 0 Å². The zero-order valence-corrected chi connectivity index (χ0v) is 17.1. The van der Waals surface area contributed by atoms with Crippen molar-refractivity contribution < 1.29 is 0 Å². The van der Waals surface area contributed by atoms with Gasteiger partial charge in [-0.25, -0.2) is 0 Å². The molecule has 3 fully saturated rings. The summed E-state index contributed by atoms with van der Waals surface area (Å²) in [6.07, 6.45) is 19.4. The zero-order valence-electron chi connectivity index (χ0n) is 16.4. The summed E-state index contributed by atoms with van der Waals surface area (Å²) in [5, 5.41) is 0.868. The number of hydrogen-bond donors (Lipinski definition) is 0. The molecule has 0 N–H and O–H groups in total. The molecule has 0 nitrogen and oxygen atoms in total. The van der Waals surface area contributed by atoms with Gasteiger partial charge < -0.3 is 0 Å². The van der Waals surface area contributed by atoms with Crippen LogP contribution >= 0.6 is 11.6 Å². The molecule has 0 radical (unpaired) electrons. The Morgan fingerprint density at radius 3 is 2.00 bits per heavy atom. The molecule has 1 aromatic rings. The van der Waals surface area contributed by atoms with Crippen molar-refractivity contribution in [1.82, 2.24) is 0 Å². The molecule has 0 aromatic heterocycles. The second-order valence-corrected chi connectivity index (χ2v) is 9.79. The maximum absolute atomic E-state index is 6.07. The number of rotatable bonds is 3. The smallest absolute Gasteiger partial charge is 0.0406 e. The topological polar surface area (TPSA) is 0 Å². The van der Waals surface area contributed by atoms with E-state index in [-0.39, 0.29) is 0 Å². The lowest BCUT2D eigenvalue weighted by Crippen LogP contribution is -2.34. The Hall–Kier alpha value is -0.750. The molecule has 4 unspecified atom stereocenters. The van der Waals surface area contributed by atoms with Gasteiger partial charge in [0.05, 0.1) is 0 Å². The van der Waals surface area contributed by atoms with E-state index in [0.29, 0.717) is 0 Å². The minimum Gasteiger partial charge on any atom is -0.0914 e. The molecule has 0 saturated heterocycles. The van der Waals surface area contributed by atoms with Gasteiger partial charge in [-0.15, -0.1) is 0 Å². The molecule has 1 aromatic carbocycles. The third-order valence-electron chi connectivity index (χ3n) is 7.94. The molecule has 1 heteroatoms. The predicted molar refractivity (Wildman–Crippen MR) is 113 cm³/mol. The second kappa shape index (κ2) is 8.51. The SMILES string of the molecule is C/C=C/C1CCC(C2CCC3CC(c4ccc(Cl)cc4)CCC3C2)CC1. The van der Waals surface area contributed by atoms with E-state index in [2.05, 4.69) is 43.3 Å². The third-order valence-corrected chi connectivity index (χ3v) is 8.19. The first kappa shape index (κ1) is 18.6. The molecular formula is C25H35Cl. The molecule has 0 amide bonds. The van der Waals surface area contributed by atoms with Crippen molar-refractivity contribution in [2.45, 2.75) is 77.0 Å². The van der Waals surface area contributed by atoms with E-state index in [4.69, 9.17) is 11.6 Å². The standard InChI is InChI=1S/C25H35Cl/c1-2-3-18-4-6-19(7-5-18)21-8-10-24-17-22(9-11-23(24)16-21)20-12-14-25(26)15-13-20/h2-3,12-15,18-19,21-24H,4-11,16-17H2,1H3/b3-2+. The molecule has 3 aliphatic rings. The molecule has 4 atom stereocenters. The summed E-state index contributed by atoms with van der Waals surface area (Å²) in [6, 6.07) is 8.68. The van der Waals surface area contributed by atoms with Gasteiger partial charge in [-0.1, -0.05) is 35.9 Å². The van der Waals surface area contributed by atoms with Crippen LogP contribution in [0.1, 0.15) is 82.6 Å². The first-order chi connectivity index (χ1) is 12.7. The summed E-state index contributed by atoms with van der Waals surface area (Å²) in [5.74, 6) is 5.73. The quantitative estimate of drug-likeness (QED) is 0.472. The Kier molecular flexibility index (Phi) is 6.09. The first-order valence-electron chi connectivity index (χ1n) is 11.1. The van der Waals surface area contributed by atoms with E-state index in [1.165, 1.54) is 69.8 Å². The molecule has 0 spiro atoms. The molecule has 0 heterocycles. The molecule has 3 aliphatic carbocycles. The van der Waals surface area contributed by atoms with Crippen molar-refractivity contribution in [3.63, 3.8) is 0 Å². The number of hydrogen-bond acceptors (Lipinski definition) is 0. The molecule has 0 aliphatic heterocycles. The van der Waals surface area contributed by atoms with Gasteiger partial charge in [-0.2, -0.15) is 0 Å². The highest BCUT2D eigenvalue weighted by Gasteiger charge is 2.38. The summed E-state index contributed by atoms with van der Waals surface area (Å²) in [4.78, 5) is 0. The minimum absolute atomic E-state index is 0.779. The normalized spacial score (nSPS) is 38.2. The van der Waals surface area contributed by atoms with Gasteiger partial charge in [0.25, 0.3) is 0 Å². The number of fused-ring (bicyclic) bond motifs is 1. The van der Waals surface area contributed by atoms with Crippen LogP contribution in [0, 0.1) is 29.6 Å². The summed E-state index contributed by atoms with van der Waals surface area (Å²) < 4.78 is 0. The molecule has 3 saturated carbocycles. The van der Waals surface area contributed by atoms with Crippen LogP contribution in [0.5, 0.6) is 0 Å². The lowest BCUT2D eigenvalue weighted by molar-refractivity contribution is 0.0748. The Balaban J connectivity index is 1.30. The highest BCUT2D eigenvalue weighted by Crippen LogP contribution is 2.50. The van der Waals surface area contributed by atoms with Gasteiger partial charge in [0.15, 0.2) is 0 Å². The van der Waals surface area contributed by atoms with Crippen LogP contribution in [0.25, 0.3) is 0 Å². The molecule has 142 valence electrons. The lowest BCUT2D eigenvalue weighted by atomic mass is 9.60. The van der Waals surface area contributed by atoms with E-state index < -0.39 is 0 Å². The van der Waals surface area contributed by atoms with Crippen molar-refractivity contribution in [3.05, 3.63) is 47.0 Å². The molecule has 4 rings (SSSR count). The average molecular weight is 371 g/mol. The first-order valence-corrected chi connectivity index (χ1v) is 11.5. The third kappa shape index (κ3) is 4.22. The van der Waals surface area contributed by atoms with Gasteiger partial charge in [0, 0.05) is 5.02 Å². The number of benzene rings is 1. The van der Waals surface area contributed by atoms with Crippen molar-refractivity contribution in [1.29, 1.82) is 0 Å². The van der Waals surface area contributed by atoms with Crippen LogP contribution in [0.2, 0.25) is 5.02 Å². The van der Waals surface area contributed by atoms with E-state index in [0.717, 1.165) is 40.5 Å². The highest BCUT2D eigenvalue weighted by atomic mass is 35.5. The second-order valence-electron chi connectivity index (χ2n) is 9.36. The Bertz CT molecular complexity index is 593. The Morgan fingerprint density at radius 1 is 0.731 bits per heavy atom. The van der Waals surface area contributed by atoms with Crippen LogP contribution in [0.15, 0.2) is 36.4 Å². The average Bonchev–Trinajstić information content (AvgIpc) is 2.69. The summed E-state index contributed by atoms with van der Waals surface area (Å²) in [6.45, 7) is 2.17. The van der Waals surface area contributed by atoms with Crippen LogP contribution in [-0.4, -0.2) is 0 Å². The van der Waals surface area contributed by atoms with Crippen LogP contribution in [-0.2, 0) is 0 Å². The van der Waals surface area contributed by atoms with Crippen LogP contribution < -0.4 is 0 Å².